The predicted octanol–water partition coefficient (Wildman–Crippen LogP) is 5.98. The van der Waals surface area contributed by atoms with Crippen LogP contribution in [-0.4, -0.2) is 18.4 Å². The first-order valence-electron chi connectivity index (χ1n) is 10.4. The Morgan fingerprint density at radius 2 is 1.53 bits per heavy atom. The molecule has 0 saturated carbocycles. The maximum Gasteiger partial charge on any atom is 0.375 e. The summed E-state index contributed by atoms with van der Waals surface area (Å²) in [6.45, 7) is 5.59. The van der Waals surface area contributed by atoms with Crippen LogP contribution in [0.3, 0.4) is 0 Å². The number of rotatable bonds is 7. The molecule has 1 aromatic heterocycles. The summed E-state index contributed by atoms with van der Waals surface area (Å²) in [5, 5.41) is 0.770. The van der Waals surface area contributed by atoms with Gasteiger partial charge in [0, 0.05) is 10.9 Å². The van der Waals surface area contributed by atoms with Crippen molar-refractivity contribution in [1.82, 2.24) is 0 Å². The molecule has 4 rings (SSSR count). The second-order valence-electron chi connectivity index (χ2n) is 7.76. The van der Waals surface area contributed by atoms with Crippen LogP contribution in [0.1, 0.15) is 43.2 Å². The van der Waals surface area contributed by atoms with Gasteiger partial charge in [-0.25, -0.2) is 4.79 Å². The summed E-state index contributed by atoms with van der Waals surface area (Å²) in [5.41, 5.74) is 4.68. The summed E-state index contributed by atoms with van der Waals surface area (Å²) < 4.78 is 17.0. The van der Waals surface area contributed by atoms with Gasteiger partial charge in [-0.05, 0) is 61.7 Å². The van der Waals surface area contributed by atoms with E-state index in [-0.39, 0.29) is 24.8 Å². The van der Waals surface area contributed by atoms with Gasteiger partial charge in [-0.1, -0.05) is 42.5 Å². The molecule has 1 heterocycles. The molecule has 0 spiro atoms. The van der Waals surface area contributed by atoms with Crippen molar-refractivity contribution < 1.29 is 23.5 Å². The summed E-state index contributed by atoms with van der Waals surface area (Å²) in [7, 11) is 0. The molecule has 4 aromatic rings. The quantitative estimate of drug-likeness (QED) is 0.268. The average Bonchev–Trinajstić information content (AvgIpc) is 3.17. The first-order chi connectivity index (χ1) is 15.4. The number of ketones is 1. The van der Waals surface area contributed by atoms with E-state index in [1.54, 1.807) is 6.07 Å². The van der Waals surface area contributed by atoms with Gasteiger partial charge in [0.25, 0.3) is 0 Å². The molecule has 0 fully saturated rings. The largest absolute Gasteiger partial charge is 0.489 e. The molecule has 0 N–H and O–H groups in total. The molecule has 0 saturated heterocycles. The summed E-state index contributed by atoms with van der Waals surface area (Å²) in [6, 6.07) is 20.5. The Labute approximate surface area is 186 Å². The maximum atomic E-state index is 12.9. The fraction of sp³-hybridized carbons (Fsp3) is 0.185. The second-order valence-corrected chi connectivity index (χ2v) is 7.76. The summed E-state index contributed by atoms with van der Waals surface area (Å²) in [5.74, 6) is -0.218. The number of aryl methyl sites for hydroxylation is 3. The molecule has 32 heavy (non-hydrogen) atoms. The number of para-hydroxylation sites is 2. The van der Waals surface area contributed by atoms with Crippen molar-refractivity contribution in [3.05, 3.63) is 100 Å². The monoisotopic (exact) mass is 428 g/mol. The smallest absolute Gasteiger partial charge is 0.375 e. The third-order valence-electron chi connectivity index (χ3n) is 5.49. The van der Waals surface area contributed by atoms with Gasteiger partial charge in [-0.3, -0.25) is 4.79 Å². The van der Waals surface area contributed by atoms with E-state index in [1.807, 2.05) is 81.4 Å². The zero-order valence-corrected chi connectivity index (χ0v) is 18.3. The second kappa shape index (κ2) is 9.10. The van der Waals surface area contributed by atoms with E-state index in [2.05, 4.69) is 0 Å². The third-order valence-corrected chi connectivity index (χ3v) is 5.49. The van der Waals surface area contributed by atoms with Crippen LogP contribution in [0.4, 0.5) is 0 Å². The van der Waals surface area contributed by atoms with E-state index < -0.39 is 5.97 Å². The lowest BCUT2D eigenvalue weighted by molar-refractivity contribution is 0.0442. The Morgan fingerprint density at radius 1 is 0.844 bits per heavy atom. The molecular weight excluding hydrogens is 404 g/mol. The van der Waals surface area contributed by atoms with Crippen molar-refractivity contribution in [2.75, 3.05) is 6.61 Å². The molecule has 162 valence electrons. The van der Waals surface area contributed by atoms with Crippen LogP contribution in [-0.2, 0) is 11.3 Å². The molecule has 0 aliphatic heterocycles. The van der Waals surface area contributed by atoms with Gasteiger partial charge >= 0.3 is 5.97 Å². The van der Waals surface area contributed by atoms with Gasteiger partial charge in [0.2, 0.25) is 11.5 Å². The predicted molar refractivity (Wildman–Crippen MR) is 122 cm³/mol. The van der Waals surface area contributed by atoms with Crippen molar-refractivity contribution >= 4 is 22.7 Å². The van der Waals surface area contributed by atoms with Crippen molar-refractivity contribution in [3.8, 4) is 5.75 Å². The Bertz CT molecular complexity index is 1280. The zero-order valence-electron chi connectivity index (χ0n) is 18.3. The van der Waals surface area contributed by atoms with Crippen LogP contribution in [0.5, 0.6) is 5.75 Å². The molecule has 0 radical (unpaired) electrons. The van der Waals surface area contributed by atoms with E-state index in [0.29, 0.717) is 22.5 Å². The highest BCUT2D eigenvalue weighted by Gasteiger charge is 2.23. The number of carbonyl (C=O) groups excluding carboxylic acids is 2. The minimum atomic E-state index is -0.692. The molecular formula is C27H24O5. The topological polar surface area (TPSA) is 65.7 Å². The van der Waals surface area contributed by atoms with E-state index >= 15 is 0 Å². The molecule has 0 unspecified atom stereocenters. The van der Waals surface area contributed by atoms with E-state index in [0.717, 1.165) is 22.1 Å². The van der Waals surface area contributed by atoms with Crippen molar-refractivity contribution in [1.29, 1.82) is 0 Å². The summed E-state index contributed by atoms with van der Waals surface area (Å²) in [6.07, 6.45) is 0. The Balaban J connectivity index is 1.54. The van der Waals surface area contributed by atoms with Gasteiger partial charge in [-0.15, -0.1) is 0 Å². The molecule has 0 aliphatic rings. The highest BCUT2D eigenvalue weighted by atomic mass is 16.5. The fourth-order valence-electron chi connectivity index (χ4n) is 3.61. The van der Waals surface area contributed by atoms with Gasteiger partial charge < -0.3 is 13.9 Å². The number of carbonyl (C=O) groups is 2. The number of Topliss-reactive ketones (excluding diaryl/α,β-unsaturated/α-hetero) is 1. The lowest BCUT2D eigenvalue weighted by Gasteiger charge is -2.10. The number of furan rings is 1. The number of hydrogen-bond donors (Lipinski definition) is 0. The van der Waals surface area contributed by atoms with Crippen molar-refractivity contribution in [2.45, 2.75) is 27.4 Å². The van der Waals surface area contributed by atoms with Gasteiger partial charge in [0.1, 0.15) is 17.9 Å². The minimum absolute atomic E-state index is 0.0479. The van der Waals surface area contributed by atoms with Crippen molar-refractivity contribution in [2.24, 2.45) is 0 Å². The molecule has 0 bridgehead atoms. The normalized spacial score (nSPS) is 10.8. The van der Waals surface area contributed by atoms with Crippen LogP contribution in [0.25, 0.3) is 11.0 Å². The van der Waals surface area contributed by atoms with Crippen LogP contribution in [0.15, 0.2) is 71.1 Å². The first-order valence-corrected chi connectivity index (χ1v) is 10.4. The summed E-state index contributed by atoms with van der Waals surface area (Å²) >= 11 is 0. The van der Waals surface area contributed by atoms with Crippen LogP contribution < -0.4 is 4.74 Å². The van der Waals surface area contributed by atoms with Crippen LogP contribution in [0, 0.1) is 20.8 Å². The standard InChI is InChI=1S/C27H24O5/c1-17-13-19(3)22(14-18(17)2)24(28)16-31-27(29)26-23(15-30-20-9-5-4-6-10-20)21-11-7-8-12-25(21)32-26/h4-14H,15-16H2,1-3H3. The number of fused-ring (bicyclic) bond motifs is 1. The molecule has 0 atom stereocenters. The van der Waals surface area contributed by atoms with E-state index in [9.17, 15) is 9.59 Å². The Kier molecular flexibility index (Phi) is 6.08. The molecule has 0 aliphatic carbocycles. The number of benzene rings is 3. The van der Waals surface area contributed by atoms with Gasteiger partial charge in [-0.2, -0.15) is 0 Å². The van der Waals surface area contributed by atoms with Gasteiger partial charge in [0.15, 0.2) is 6.61 Å². The van der Waals surface area contributed by atoms with Crippen molar-refractivity contribution in [3.63, 3.8) is 0 Å². The lowest BCUT2D eigenvalue weighted by Crippen LogP contribution is -2.16. The summed E-state index contributed by atoms with van der Waals surface area (Å²) in [4.78, 5) is 25.6. The third kappa shape index (κ3) is 4.42. The highest BCUT2D eigenvalue weighted by Crippen LogP contribution is 2.28. The SMILES string of the molecule is Cc1cc(C)c(C(=O)COC(=O)c2oc3ccccc3c2COc2ccccc2)cc1C. The van der Waals surface area contributed by atoms with Gasteiger partial charge in [0.05, 0.1) is 5.56 Å². The van der Waals surface area contributed by atoms with E-state index in [1.165, 1.54) is 0 Å². The lowest BCUT2D eigenvalue weighted by atomic mass is 9.98. The average molecular weight is 428 g/mol. The zero-order chi connectivity index (χ0) is 22.7. The fourth-order valence-corrected chi connectivity index (χ4v) is 3.61. The Morgan fingerprint density at radius 3 is 2.31 bits per heavy atom. The van der Waals surface area contributed by atoms with Crippen LogP contribution >= 0.6 is 0 Å². The highest BCUT2D eigenvalue weighted by molar-refractivity contribution is 6.01. The maximum absolute atomic E-state index is 12.9. The minimum Gasteiger partial charge on any atom is -0.489 e. The molecule has 3 aromatic carbocycles. The molecule has 5 heteroatoms. The molecule has 5 nitrogen and oxygen atoms in total. The van der Waals surface area contributed by atoms with Crippen LogP contribution in [0.2, 0.25) is 0 Å². The number of esters is 1. The number of hydrogen-bond acceptors (Lipinski definition) is 5. The molecule has 0 amide bonds. The first kappa shape index (κ1) is 21.4. The number of ether oxygens (including phenoxy) is 2. The van der Waals surface area contributed by atoms with E-state index in [4.69, 9.17) is 13.9 Å². The Hall–Kier alpha value is -3.86.